The van der Waals surface area contributed by atoms with E-state index < -0.39 is 0 Å². The van der Waals surface area contributed by atoms with Gasteiger partial charge in [-0.05, 0) is 61.6 Å². The first-order chi connectivity index (χ1) is 19.6. The lowest BCUT2D eigenvalue weighted by molar-refractivity contribution is 0.0946. The van der Waals surface area contributed by atoms with E-state index in [4.69, 9.17) is 14.7 Å². The van der Waals surface area contributed by atoms with E-state index in [9.17, 15) is 4.79 Å². The van der Waals surface area contributed by atoms with Crippen LogP contribution in [-0.4, -0.2) is 55.2 Å². The molecule has 11 nitrogen and oxygen atoms in total. The normalized spacial score (nSPS) is 16.8. The Morgan fingerprint density at radius 1 is 1.05 bits per heavy atom. The van der Waals surface area contributed by atoms with Crippen molar-refractivity contribution in [3.05, 3.63) is 78.4 Å². The maximum Gasteiger partial charge on any atom is 0.269 e. The van der Waals surface area contributed by atoms with Gasteiger partial charge >= 0.3 is 0 Å². The Balaban J connectivity index is 1.27. The number of H-pyrrole nitrogens is 1. The third kappa shape index (κ3) is 4.70. The molecule has 1 aromatic carbocycles. The van der Waals surface area contributed by atoms with Gasteiger partial charge in [0.2, 0.25) is 11.9 Å². The van der Waals surface area contributed by atoms with E-state index in [0.717, 1.165) is 60.4 Å². The summed E-state index contributed by atoms with van der Waals surface area (Å²) in [4.78, 5) is 29.3. The number of amides is 1. The van der Waals surface area contributed by atoms with Crippen LogP contribution in [-0.2, 0) is 0 Å². The van der Waals surface area contributed by atoms with Gasteiger partial charge < -0.3 is 20.3 Å². The number of hydrogen-bond donors (Lipinski definition) is 3. The van der Waals surface area contributed by atoms with Gasteiger partial charge in [-0.15, -0.1) is 0 Å². The first kappa shape index (κ1) is 24.1. The van der Waals surface area contributed by atoms with Crippen molar-refractivity contribution in [2.45, 2.75) is 37.8 Å². The van der Waals surface area contributed by atoms with Gasteiger partial charge in [0.15, 0.2) is 5.82 Å². The Morgan fingerprint density at radius 2 is 1.93 bits per heavy atom. The molecule has 1 saturated carbocycles. The van der Waals surface area contributed by atoms with Gasteiger partial charge in [0, 0.05) is 36.6 Å². The molecule has 1 aliphatic heterocycles. The van der Waals surface area contributed by atoms with Gasteiger partial charge in [-0.1, -0.05) is 18.2 Å². The van der Waals surface area contributed by atoms with Gasteiger partial charge in [0.25, 0.3) is 5.91 Å². The Bertz CT molecular complexity index is 1660. The molecule has 1 atom stereocenters. The Kier molecular flexibility index (Phi) is 6.03. The molecule has 2 aliphatic rings. The molecule has 1 saturated heterocycles. The van der Waals surface area contributed by atoms with Crippen molar-refractivity contribution in [3.8, 4) is 16.9 Å². The predicted octanol–water partition coefficient (Wildman–Crippen LogP) is 4.50. The fraction of sp³-hybridized carbons (Fsp3) is 0.276. The maximum atomic E-state index is 12.5. The molecule has 0 radical (unpaired) electrons. The van der Waals surface area contributed by atoms with Crippen LogP contribution >= 0.6 is 0 Å². The van der Waals surface area contributed by atoms with Gasteiger partial charge in [-0.25, -0.2) is 0 Å². The molecule has 202 valence electrons. The number of methoxy groups -OCH3 is 1. The molecular weight excluding hydrogens is 506 g/mol. The Labute approximate surface area is 230 Å². The summed E-state index contributed by atoms with van der Waals surface area (Å²) in [5.74, 6) is 2.30. The van der Waals surface area contributed by atoms with Crippen LogP contribution in [0.4, 0.5) is 17.7 Å². The number of aromatic amines is 1. The van der Waals surface area contributed by atoms with Crippen molar-refractivity contribution in [3.63, 3.8) is 0 Å². The van der Waals surface area contributed by atoms with Crippen molar-refractivity contribution in [1.82, 2.24) is 34.9 Å². The average molecular weight is 536 g/mol. The number of nitrogens with one attached hydrogen (secondary N) is 3. The van der Waals surface area contributed by atoms with Crippen LogP contribution < -0.4 is 20.3 Å². The minimum absolute atomic E-state index is 0.0932. The number of fused-ring (bicyclic) bond motifs is 1. The van der Waals surface area contributed by atoms with Gasteiger partial charge in [0.05, 0.1) is 18.8 Å². The van der Waals surface area contributed by atoms with Crippen molar-refractivity contribution in [1.29, 1.82) is 0 Å². The first-order valence-electron chi connectivity index (χ1n) is 13.5. The fourth-order valence-corrected chi connectivity index (χ4v) is 5.14. The highest BCUT2D eigenvalue weighted by molar-refractivity contribution is 5.93. The van der Waals surface area contributed by atoms with E-state index in [-0.39, 0.29) is 18.0 Å². The number of anilines is 3. The summed E-state index contributed by atoms with van der Waals surface area (Å²) in [6.45, 7) is 0.830. The zero-order chi connectivity index (χ0) is 27.1. The average Bonchev–Trinajstić information content (AvgIpc) is 3.37. The second-order valence-corrected chi connectivity index (χ2v) is 10.2. The number of pyridine rings is 1. The Hall–Kier alpha value is -4.93. The van der Waals surface area contributed by atoms with Crippen LogP contribution in [0.2, 0.25) is 0 Å². The topological polar surface area (TPSA) is 125 Å². The molecule has 1 unspecified atom stereocenters. The molecule has 11 heteroatoms. The summed E-state index contributed by atoms with van der Waals surface area (Å²) in [7, 11) is 1.66. The van der Waals surface area contributed by atoms with Gasteiger partial charge in [0.1, 0.15) is 17.1 Å². The number of carbonyl (C=O) groups excluding carboxylic acids is 1. The van der Waals surface area contributed by atoms with Crippen LogP contribution in [0, 0.1) is 0 Å². The van der Waals surface area contributed by atoms with E-state index in [0.29, 0.717) is 23.4 Å². The van der Waals surface area contributed by atoms with Crippen LogP contribution in [0.25, 0.3) is 16.8 Å². The summed E-state index contributed by atoms with van der Waals surface area (Å²) >= 11 is 0. The zero-order valence-corrected chi connectivity index (χ0v) is 22.0. The summed E-state index contributed by atoms with van der Waals surface area (Å²) in [5, 5.41) is 13.5. The summed E-state index contributed by atoms with van der Waals surface area (Å²) in [6, 6.07) is 18.0. The SMILES string of the molecule is COc1ccc(-c2cc3nc(N4CCCC4c4ccccn4)nc(Nc4cc(C(=O)NC5CC5)[nH]n4)n3c2)cc1. The van der Waals surface area contributed by atoms with Crippen molar-refractivity contribution in [2.24, 2.45) is 0 Å². The number of carbonyl (C=O) groups is 1. The molecule has 0 bridgehead atoms. The highest BCUT2D eigenvalue weighted by Gasteiger charge is 2.30. The molecule has 1 aliphatic carbocycles. The first-order valence-corrected chi connectivity index (χ1v) is 13.5. The largest absolute Gasteiger partial charge is 0.497 e. The number of ether oxygens (including phenoxy) is 1. The molecule has 4 aromatic heterocycles. The number of nitrogens with zero attached hydrogens (tertiary/aromatic N) is 6. The molecule has 0 spiro atoms. The van der Waals surface area contributed by atoms with Crippen LogP contribution in [0.3, 0.4) is 0 Å². The van der Waals surface area contributed by atoms with E-state index in [1.807, 2.05) is 59.3 Å². The summed E-state index contributed by atoms with van der Waals surface area (Å²) < 4.78 is 7.24. The highest BCUT2D eigenvalue weighted by Crippen LogP contribution is 2.35. The second kappa shape index (κ2) is 9.99. The van der Waals surface area contributed by atoms with E-state index >= 15 is 0 Å². The van der Waals surface area contributed by atoms with E-state index in [1.54, 1.807) is 13.2 Å². The lowest BCUT2D eigenvalue weighted by Crippen LogP contribution is -2.26. The third-order valence-corrected chi connectivity index (χ3v) is 7.39. The highest BCUT2D eigenvalue weighted by atomic mass is 16.5. The Morgan fingerprint density at radius 3 is 2.70 bits per heavy atom. The molecule has 7 rings (SSSR count). The standard InChI is InChI=1S/C29H29N9O2/c1-40-21-11-7-18(8-12-21)19-15-26-33-29(37-14-4-6-24(37)22-5-2-3-13-30-22)34-28(38(26)17-19)32-25-16-23(35-36-25)27(39)31-20-9-10-20/h2-3,5,7-8,11-13,15-17,20,24H,4,6,9-10,14H2,1H3,(H,31,39)(H2,32,33,34,35,36). The summed E-state index contributed by atoms with van der Waals surface area (Å²) in [6.07, 6.45) is 7.86. The number of hydrogen-bond acceptors (Lipinski definition) is 8. The third-order valence-electron chi connectivity index (χ3n) is 7.39. The van der Waals surface area contributed by atoms with Crippen LogP contribution in [0.1, 0.15) is 47.9 Å². The lowest BCUT2D eigenvalue weighted by Gasteiger charge is -2.24. The van der Waals surface area contributed by atoms with Crippen LogP contribution in [0.15, 0.2) is 67.0 Å². The quantitative estimate of drug-likeness (QED) is 0.265. The monoisotopic (exact) mass is 535 g/mol. The molecule has 1 amide bonds. The fourth-order valence-electron chi connectivity index (χ4n) is 5.14. The van der Waals surface area contributed by atoms with Gasteiger partial charge in [-0.2, -0.15) is 15.1 Å². The number of rotatable bonds is 8. The maximum absolute atomic E-state index is 12.5. The summed E-state index contributed by atoms with van der Waals surface area (Å²) in [5.41, 5.74) is 4.18. The van der Waals surface area contributed by atoms with Crippen molar-refractivity contribution < 1.29 is 9.53 Å². The molecule has 3 N–H and O–H groups in total. The van der Waals surface area contributed by atoms with Crippen LogP contribution in [0.5, 0.6) is 5.75 Å². The zero-order valence-electron chi connectivity index (χ0n) is 22.0. The van der Waals surface area contributed by atoms with Gasteiger partial charge in [-0.3, -0.25) is 19.3 Å². The van der Waals surface area contributed by atoms with Crippen molar-refractivity contribution in [2.75, 3.05) is 23.9 Å². The molecule has 5 aromatic rings. The van der Waals surface area contributed by atoms with E-state index in [1.165, 1.54) is 0 Å². The van der Waals surface area contributed by atoms with E-state index in [2.05, 4.69) is 36.8 Å². The lowest BCUT2D eigenvalue weighted by atomic mass is 10.1. The predicted molar refractivity (Wildman–Crippen MR) is 151 cm³/mol. The molecule has 40 heavy (non-hydrogen) atoms. The molecular formula is C29H29N9O2. The molecule has 2 fully saturated rings. The number of aromatic nitrogens is 6. The molecule has 5 heterocycles. The number of benzene rings is 1. The second-order valence-electron chi connectivity index (χ2n) is 10.2. The smallest absolute Gasteiger partial charge is 0.269 e. The minimum Gasteiger partial charge on any atom is -0.497 e. The minimum atomic E-state index is -0.158. The van der Waals surface area contributed by atoms with Crippen molar-refractivity contribution >= 4 is 29.3 Å².